The van der Waals surface area contributed by atoms with Gasteiger partial charge in [0, 0.05) is 13.1 Å². The summed E-state index contributed by atoms with van der Waals surface area (Å²) in [4.78, 5) is 2.27. The molecule has 1 aliphatic rings. The predicted molar refractivity (Wildman–Crippen MR) is 77.5 cm³/mol. The van der Waals surface area contributed by atoms with E-state index in [1.54, 1.807) is 12.1 Å². The van der Waals surface area contributed by atoms with Crippen molar-refractivity contribution < 1.29 is 8.42 Å². The van der Waals surface area contributed by atoms with E-state index in [0.717, 1.165) is 37.5 Å². The fourth-order valence-electron chi connectivity index (χ4n) is 2.56. The lowest BCUT2D eigenvalue weighted by Crippen LogP contribution is -2.34. The highest BCUT2D eigenvalue weighted by Gasteiger charge is 2.20. The standard InChI is InChI=1S/C13H21N3O2S/c1-2-10-5-7-16(8-6-10)13-9-11(19(15,17)18)3-4-12(13)14/h3-4,9-10H,2,5-8,14H2,1H3,(H2,15,17,18). The van der Waals surface area contributed by atoms with Gasteiger partial charge in [-0.1, -0.05) is 13.3 Å². The molecule has 106 valence electrons. The van der Waals surface area contributed by atoms with Crippen molar-refractivity contribution in [3.05, 3.63) is 18.2 Å². The lowest BCUT2D eigenvalue weighted by atomic mass is 9.94. The highest BCUT2D eigenvalue weighted by Crippen LogP contribution is 2.30. The molecule has 19 heavy (non-hydrogen) atoms. The van der Waals surface area contributed by atoms with Gasteiger partial charge in [-0.05, 0) is 37.0 Å². The number of nitrogens with two attached hydrogens (primary N) is 2. The molecule has 1 heterocycles. The second kappa shape index (κ2) is 5.38. The summed E-state index contributed by atoms with van der Waals surface area (Å²) >= 11 is 0. The molecular formula is C13H21N3O2S. The van der Waals surface area contributed by atoms with Crippen LogP contribution in [0.1, 0.15) is 26.2 Å². The number of anilines is 2. The zero-order chi connectivity index (χ0) is 14.0. The van der Waals surface area contributed by atoms with Gasteiger partial charge in [0.05, 0.1) is 16.3 Å². The molecule has 0 spiro atoms. The minimum Gasteiger partial charge on any atom is -0.397 e. The first kappa shape index (κ1) is 14.1. The molecule has 0 saturated carbocycles. The van der Waals surface area contributed by atoms with E-state index in [-0.39, 0.29) is 4.90 Å². The van der Waals surface area contributed by atoms with Crippen molar-refractivity contribution in [2.45, 2.75) is 31.1 Å². The zero-order valence-corrected chi connectivity index (χ0v) is 12.0. The summed E-state index contributed by atoms with van der Waals surface area (Å²) in [5.74, 6) is 0.763. The van der Waals surface area contributed by atoms with Gasteiger partial charge in [-0.15, -0.1) is 0 Å². The summed E-state index contributed by atoms with van der Waals surface area (Å²) in [6, 6.07) is 4.64. The van der Waals surface area contributed by atoms with Crippen molar-refractivity contribution in [1.29, 1.82) is 0 Å². The molecule has 0 bridgehead atoms. The van der Waals surface area contributed by atoms with Gasteiger partial charge in [0.15, 0.2) is 0 Å². The van der Waals surface area contributed by atoms with Gasteiger partial charge in [-0.3, -0.25) is 0 Å². The van der Waals surface area contributed by atoms with Crippen molar-refractivity contribution in [3.8, 4) is 0 Å². The Kier molecular flexibility index (Phi) is 4.01. The minimum atomic E-state index is -3.68. The van der Waals surface area contributed by atoms with Gasteiger partial charge in [-0.2, -0.15) is 0 Å². The maximum Gasteiger partial charge on any atom is 0.238 e. The Morgan fingerprint density at radius 1 is 1.32 bits per heavy atom. The molecule has 1 aliphatic heterocycles. The van der Waals surface area contributed by atoms with Crippen LogP contribution in [0.5, 0.6) is 0 Å². The van der Waals surface area contributed by atoms with Crippen LogP contribution in [-0.4, -0.2) is 21.5 Å². The van der Waals surface area contributed by atoms with E-state index < -0.39 is 10.0 Å². The second-order valence-corrected chi connectivity index (χ2v) is 6.67. The molecule has 0 unspecified atom stereocenters. The van der Waals surface area contributed by atoms with Crippen LogP contribution in [0.15, 0.2) is 23.1 Å². The first-order chi connectivity index (χ1) is 8.91. The first-order valence-electron chi connectivity index (χ1n) is 6.59. The first-order valence-corrected chi connectivity index (χ1v) is 8.13. The Bertz CT molecular complexity index is 549. The van der Waals surface area contributed by atoms with Crippen molar-refractivity contribution >= 4 is 21.4 Å². The Morgan fingerprint density at radius 3 is 2.47 bits per heavy atom. The number of nitrogens with zero attached hydrogens (tertiary/aromatic N) is 1. The number of nitrogen functional groups attached to an aromatic ring is 1. The van der Waals surface area contributed by atoms with E-state index in [4.69, 9.17) is 10.9 Å². The normalized spacial score (nSPS) is 17.7. The Morgan fingerprint density at radius 2 is 1.95 bits per heavy atom. The summed E-state index contributed by atoms with van der Waals surface area (Å²) < 4.78 is 22.8. The van der Waals surface area contributed by atoms with Crippen molar-refractivity contribution in [2.24, 2.45) is 11.1 Å². The average molecular weight is 283 g/mol. The van der Waals surface area contributed by atoms with Crippen molar-refractivity contribution in [1.82, 2.24) is 0 Å². The number of piperidine rings is 1. The number of benzene rings is 1. The highest BCUT2D eigenvalue weighted by atomic mass is 32.2. The number of hydrogen-bond acceptors (Lipinski definition) is 4. The topological polar surface area (TPSA) is 89.4 Å². The van der Waals surface area contributed by atoms with Gasteiger partial charge in [0.1, 0.15) is 0 Å². The van der Waals surface area contributed by atoms with Crippen LogP contribution in [0, 0.1) is 5.92 Å². The van der Waals surface area contributed by atoms with E-state index in [0.29, 0.717) is 5.69 Å². The molecule has 1 saturated heterocycles. The fraction of sp³-hybridized carbons (Fsp3) is 0.538. The van der Waals surface area contributed by atoms with E-state index in [1.165, 1.54) is 12.5 Å². The van der Waals surface area contributed by atoms with E-state index in [9.17, 15) is 8.42 Å². The average Bonchev–Trinajstić information content (AvgIpc) is 2.38. The van der Waals surface area contributed by atoms with Crippen LogP contribution >= 0.6 is 0 Å². The molecule has 6 heteroatoms. The maximum absolute atomic E-state index is 11.4. The zero-order valence-electron chi connectivity index (χ0n) is 11.2. The van der Waals surface area contributed by atoms with E-state index >= 15 is 0 Å². The van der Waals surface area contributed by atoms with Crippen molar-refractivity contribution in [2.75, 3.05) is 23.7 Å². The fourth-order valence-corrected chi connectivity index (χ4v) is 3.09. The van der Waals surface area contributed by atoms with E-state index in [1.807, 2.05) is 0 Å². The van der Waals surface area contributed by atoms with Gasteiger partial charge in [0.25, 0.3) is 0 Å². The predicted octanol–water partition coefficient (Wildman–Crippen LogP) is 1.54. The number of rotatable bonds is 3. The minimum absolute atomic E-state index is 0.120. The van der Waals surface area contributed by atoms with Crippen LogP contribution in [0.3, 0.4) is 0 Å². The van der Waals surface area contributed by atoms with Crippen LogP contribution in [-0.2, 0) is 10.0 Å². The molecule has 5 nitrogen and oxygen atoms in total. The third-order valence-corrected chi connectivity index (χ3v) is 4.77. The summed E-state index contributed by atoms with van der Waals surface area (Å²) in [7, 11) is -3.68. The number of sulfonamides is 1. The quantitative estimate of drug-likeness (QED) is 0.823. The number of primary sulfonamides is 1. The molecule has 2 rings (SSSR count). The van der Waals surface area contributed by atoms with Crippen LogP contribution < -0.4 is 15.8 Å². The SMILES string of the molecule is CCC1CCN(c2cc(S(N)(=O)=O)ccc2N)CC1. The second-order valence-electron chi connectivity index (χ2n) is 5.10. The molecule has 4 N–H and O–H groups in total. The van der Waals surface area contributed by atoms with Gasteiger partial charge in [-0.25, -0.2) is 13.6 Å². The maximum atomic E-state index is 11.4. The molecule has 1 aromatic rings. The molecular weight excluding hydrogens is 262 g/mol. The summed E-state index contributed by atoms with van der Waals surface area (Å²) in [5, 5.41) is 5.16. The summed E-state index contributed by atoms with van der Waals surface area (Å²) in [6.07, 6.45) is 3.44. The van der Waals surface area contributed by atoms with Gasteiger partial charge < -0.3 is 10.6 Å². The van der Waals surface area contributed by atoms with E-state index in [2.05, 4.69) is 11.8 Å². The molecule has 0 aromatic heterocycles. The van der Waals surface area contributed by atoms with Crippen molar-refractivity contribution in [3.63, 3.8) is 0 Å². The number of hydrogen-bond donors (Lipinski definition) is 2. The molecule has 0 aliphatic carbocycles. The monoisotopic (exact) mass is 283 g/mol. The molecule has 0 atom stereocenters. The van der Waals surface area contributed by atoms with Gasteiger partial charge in [0.2, 0.25) is 10.0 Å². The molecule has 1 aromatic carbocycles. The Hall–Kier alpha value is -1.27. The Labute approximate surface area is 114 Å². The molecule has 0 radical (unpaired) electrons. The largest absolute Gasteiger partial charge is 0.397 e. The third-order valence-electron chi connectivity index (χ3n) is 3.86. The summed E-state index contributed by atoms with van der Waals surface area (Å²) in [6.45, 7) is 4.03. The van der Waals surface area contributed by atoms with Crippen LogP contribution in [0.25, 0.3) is 0 Å². The molecule has 0 amide bonds. The van der Waals surface area contributed by atoms with Gasteiger partial charge >= 0.3 is 0 Å². The van der Waals surface area contributed by atoms with Crippen LogP contribution in [0.4, 0.5) is 11.4 Å². The third kappa shape index (κ3) is 3.19. The molecule has 1 fully saturated rings. The Balaban J connectivity index is 2.25. The summed E-state index contributed by atoms with van der Waals surface area (Å²) in [5.41, 5.74) is 7.33. The smallest absolute Gasteiger partial charge is 0.238 e. The lowest BCUT2D eigenvalue weighted by Gasteiger charge is -2.34. The lowest BCUT2D eigenvalue weighted by molar-refractivity contribution is 0.395. The van der Waals surface area contributed by atoms with Crippen LogP contribution in [0.2, 0.25) is 0 Å². The highest BCUT2D eigenvalue weighted by molar-refractivity contribution is 7.89.